The number of fused-ring (bicyclic) bond motifs is 1. The number of ether oxygens (including phenoxy) is 2. The Morgan fingerprint density at radius 3 is 2.62 bits per heavy atom. The van der Waals surface area contributed by atoms with Crippen LogP contribution in [0.2, 0.25) is 0 Å². The molecule has 0 aromatic heterocycles. The van der Waals surface area contributed by atoms with E-state index in [1.165, 1.54) is 36.4 Å². The molecule has 0 saturated heterocycles. The van der Waals surface area contributed by atoms with Crippen LogP contribution in [0.15, 0.2) is 42.5 Å². The molecule has 1 heterocycles. The second kappa shape index (κ2) is 6.95. The maximum Gasteiger partial charge on any atom is 0.422 e. The van der Waals surface area contributed by atoms with Crippen LogP contribution in [0.5, 0.6) is 11.5 Å². The highest BCUT2D eigenvalue weighted by atomic mass is 19.4. The van der Waals surface area contributed by atoms with Gasteiger partial charge in [0, 0.05) is 11.3 Å². The number of halogens is 3. The highest BCUT2D eigenvalue weighted by Gasteiger charge is 2.28. The van der Waals surface area contributed by atoms with Gasteiger partial charge in [0.1, 0.15) is 11.5 Å². The van der Waals surface area contributed by atoms with Crippen molar-refractivity contribution in [2.75, 3.05) is 23.8 Å². The van der Waals surface area contributed by atoms with Crippen LogP contribution in [0.25, 0.3) is 0 Å². The molecule has 2 aromatic carbocycles. The maximum absolute atomic E-state index is 12.3. The number of amides is 2. The Morgan fingerprint density at radius 2 is 1.92 bits per heavy atom. The van der Waals surface area contributed by atoms with Gasteiger partial charge in [-0.1, -0.05) is 0 Å². The summed E-state index contributed by atoms with van der Waals surface area (Å²) in [5.41, 5.74) is 1.17. The number of rotatable bonds is 4. The number of carbonyl (C=O) groups is 2. The molecule has 1 aliphatic rings. The molecule has 26 heavy (non-hydrogen) atoms. The molecule has 2 N–H and O–H groups in total. The first-order valence-electron chi connectivity index (χ1n) is 7.48. The van der Waals surface area contributed by atoms with Gasteiger partial charge in [0.15, 0.2) is 13.2 Å². The van der Waals surface area contributed by atoms with Crippen LogP contribution in [0.3, 0.4) is 0 Å². The van der Waals surface area contributed by atoms with Crippen LogP contribution in [0, 0.1) is 0 Å². The van der Waals surface area contributed by atoms with Crippen molar-refractivity contribution in [2.45, 2.75) is 6.18 Å². The van der Waals surface area contributed by atoms with Crippen LogP contribution >= 0.6 is 0 Å². The summed E-state index contributed by atoms with van der Waals surface area (Å²) >= 11 is 0. The van der Waals surface area contributed by atoms with E-state index in [1.54, 1.807) is 6.07 Å². The lowest BCUT2D eigenvalue weighted by molar-refractivity contribution is -0.153. The van der Waals surface area contributed by atoms with Crippen molar-refractivity contribution in [3.05, 3.63) is 48.0 Å². The monoisotopic (exact) mass is 366 g/mol. The molecule has 0 radical (unpaired) electrons. The minimum atomic E-state index is -4.42. The van der Waals surface area contributed by atoms with Crippen LogP contribution < -0.4 is 20.1 Å². The highest BCUT2D eigenvalue weighted by molar-refractivity contribution is 6.05. The fraction of sp³-hybridized carbons (Fsp3) is 0.176. The molecule has 1 aliphatic heterocycles. The lowest BCUT2D eigenvalue weighted by atomic mass is 10.1. The standard InChI is InChI=1S/C17H13F3N2O4/c18-17(19,20)9-26-12-4-2-11(3-5-12)21-16(24)10-1-6-13-14(7-10)25-8-15(23)22-13/h1-7H,8-9H2,(H,21,24)(H,22,23). The van der Waals surface area contributed by atoms with E-state index >= 15 is 0 Å². The predicted octanol–water partition coefficient (Wildman–Crippen LogP) is 3.21. The van der Waals surface area contributed by atoms with Gasteiger partial charge in [0.2, 0.25) is 0 Å². The fourth-order valence-electron chi connectivity index (χ4n) is 2.22. The second-order valence-corrected chi connectivity index (χ2v) is 5.43. The molecule has 2 amide bonds. The van der Waals surface area contributed by atoms with E-state index in [4.69, 9.17) is 4.74 Å². The van der Waals surface area contributed by atoms with Crippen molar-refractivity contribution in [1.82, 2.24) is 0 Å². The Bertz CT molecular complexity index is 835. The normalized spacial score (nSPS) is 13.3. The van der Waals surface area contributed by atoms with Crippen molar-refractivity contribution in [2.24, 2.45) is 0 Å². The second-order valence-electron chi connectivity index (χ2n) is 5.43. The van der Waals surface area contributed by atoms with Gasteiger partial charge in [0.25, 0.3) is 11.8 Å². The summed E-state index contributed by atoms with van der Waals surface area (Å²) in [6.45, 7) is -1.51. The van der Waals surface area contributed by atoms with Gasteiger partial charge < -0.3 is 20.1 Å². The van der Waals surface area contributed by atoms with Gasteiger partial charge in [-0.3, -0.25) is 9.59 Å². The summed E-state index contributed by atoms with van der Waals surface area (Å²) in [5, 5.41) is 5.23. The fourth-order valence-corrected chi connectivity index (χ4v) is 2.22. The van der Waals surface area contributed by atoms with Gasteiger partial charge >= 0.3 is 6.18 Å². The molecule has 0 saturated carbocycles. The number of hydrogen-bond acceptors (Lipinski definition) is 4. The van der Waals surface area contributed by atoms with E-state index in [9.17, 15) is 22.8 Å². The third-order valence-electron chi connectivity index (χ3n) is 3.39. The van der Waals surface area contributed by atoms with Gasteiger partial charge in [-0.25, -0.2) is 0 Å². The van der Waals surface area contributed by atoms with Crippen LogP contribution in [0.4, 0.5) is 24.5 Å². The van der Waals surface area contributed by atoms with E-state index in [0.717, 1.165) is 0 Å². The summed E-state index contributed by atoms with van der Waals surface area (Å²) < 4.78 is 46.2. The summed E-state index contributed by atoms with van der Waals surface area (Å²) in [7, 11) is 0. The molecule has 136 valence electrons. The topological polar surface area (TPSA) is 76.7 Å². The molecular weight excluding hydrogens is 353 g/mol. The van der Waals surface area contributed by atoms with E-state index < -0.39 is 18.7 Å². The lowest BCUT2D eigenvalue weighted by Gasteiger charge is -2.18. The van der Waals surface area contributed by atoms with E-state index in [1.807, 2.05) is 0 Å². The Hall–Kier alpha value is -3.23. The van der Waals surface area contributed by atoms with Crippen molar-refractivity contribution in [1.29, 1.82) is 0 Å². The number of anilines is 2. The molecule has 2 aromatic rings. The maximum atomic E-state index is 12.3. The first-order valence-corrected chi connectivity index (χ1v) is 7.48. The average molecular weight is 366 g/mol. The summed E-state index contributed by atoms with van der Waals surface area (Å²) in [6.07, 6.45) is -4.42. The highest BCUT2D eigenvalue weighted by Crippen LogP contribution is 2.29. The molecule has 0 unspecified atom stereocenters. The zero-order valence-corrected chi connectivity index (χ0v) is 13.2. The lowest BCUT2D eigenvalue weighted by Crippen LogP contribution is -2.25. The number of benzene rings is 2. The van der Waals surface area contributed by atoms with Crippen LogP contribution in [-0.2, 0) is 4.79 Å². The van der Waals surface area contributed by atoms with Gasteiger partial charge in [0.05, 0.1) is 5.69 Å². The molecule has 0 atom stereocenters. The Balaban J connectivity index is 1.64. The number of alkyl halides is 3. The molecular formula is C17H13F3N2O4. The Labute approximate surface area is 145 Å². The number of nitrogens with one attached hydrogen (secondary N) is 2. The summed E-state index contributed by atoms with van der Waals surface area (Å²) in [5.74, 6) is -0.286. The zero-order valence-electron chi connectivity index (χ0n) is 13.2. The van der Waals surface area contributed by atoms with E-state index in [-0.39, 0.29) is 18.3 Å². The molecule has 0 spiro atoms. The summed E-state index contributed by atoms with van der Waals surface area (Å²) in [6, 6.07) is 10.1. The SMILES string of the molecule is O=C1COc2cc(C(=O)Nc3ccc(OCC(F)(F)F)cc3)ccc2N1. The Kier molecular flexibility index (Phi) is 4.70. The first-order chi connectivity index (χ1) is 12.3. The molecule has 6 nitrogen and oxygen atoms in total. The van der Waals surface area contributed by atoms with Gasteiger partial charge in [-0.05, 0) is 42.5 Å². The molecule has 9 heteroatoms. The minimum Gasteiger partial charge on any atom is -0.484 e. The largest absolute Gasteiger partial charge is 0.484 e. The van der Waals surface area contributed by atoms with Gasteiger partial charge in [-0.2, -0.15) is 13.2 Å². The smallest absolute Gasteiger partial charge is 0.422 e. The van der Waals surface area contributed by atoms with Crippen molar-refractivity contribution < 1.29 is 32.2 Å². The first kappa shape index (κ1) is 17.6. The van der Waals surface area contributed by atoms with Crippen LogP contribution in [-0.4, -0.2) is 31.2 Å². The molecule has 0 fully saturated rings. The molecule has 0 aliphatic carbocycles. The van der Waals surface area contributed by atoms with Crippen LogP contribution in [0.1, 0.15) is 10.4 Å². The van der Waals surface area contributed by atoms with Gasteiger partial charge in [-0.15, -0.1) is 0 Å². The Morgan fingerprint density at radius 1 is 1.19 bits per heavy atom. The summed E-state index contributed by atoms with van der Waals surface area (Å²) in [4.78, 5) is 23.5. The number of carbonyl (C=O) groups excluding carboxylic acids is 2. The van der Waals surface area contributed by atoms with E-state index in [0.29, 0.717) is 22.7 Å². The quantitative estimate of drug-likeness (QED) is 0.871. The predicted molar refractivity (Wildman–Crippen MR) is 86.5 cm³/mol. The zero-order chi connectivity index (χ0) is 18.7. The van der Waals surface area contributed by atoms with Crippen molar-refractivity contribution in [3.63, 3.8) is 0 Å². The third kappa shape index (κ3) is 4.44. The molecule has 0 bridgehead atoms. The third-order valence-corrected chi connectivity index (χ3v) is 3.39. The average Bonchev–Trinajstić information content (AvgIpc) is 2.60. The van der Waals surface area contributed by atoms with Crippen molar-refractivity contribution in [3.8, 4) is 11.5 Å². The van der Waals surface area contributed by atoms with E-state index in [2.05, 4.69) is 15.4 Å². The molecule has 3 rings (SSSR count). The van der Waals surface area contributed by atoms with Crippen molar-refractivity contribution >= 4 is 23.2 Å². The minimum absolute atomic E-state index is 0.0400. The number of hydrogen-bond donors (Lipinski definition) is 2.